The van der Waals surface area contributed by atoms with Crippen molar-refractivity contribution in [3.05, 3.63) is 233 Å². The first-order valence-electron chi connectivity index (χ1n) is 25.9. The van der Waals surface area contributed by atoms with Gasteiger partial charge in [0.25, 0.3) is 6.71 Å². The van der Waals surface area contributed by atoms with Crippen molar-refractivity contribution in [1.82, 2.24) is 0 Å². The van der Waals surface area contributed by atoms with Crippen molar-refractivity contribution in [2.75, 3.05) is 9.80 Å². The summed E-state index contributed by atoms with van der Waals surface area (Å²) in [6.45, 7) is 18.7. The predicted molar refractivity (Wildman–Crippen MR) is 309 cm³/mol. The van der Waals surface area contributed by atoms with E-state index in [1.807, 2.05) is 11.3 Å². The first kappa shape index (κ1) is 43.4. The zero-order chi connectivity index (χ0) is 49.0. The van der Waals surface area contributed by atoms with Gasteiger partial charge < -0.3 is 9.80 Å². The highest BCUT2D eigenvalue weighted by molar-refractivity contribution is 7.33. The van der Waals surface area contributed by atoms with Gasteiger partial charge in [0, 0.05) is 43.3 Å². The summed E-state index contributed by atoms with van der Waals surface area (Å²) in [6.07, 6.45) is 0. The molecular weight excluding hydrogens is 888 g/mol. The maximum absolute atomic E-state index is 2.61. The second kappa shape index (κ2) is 15.3. The van der Waals surface area contributed by atoms with E-state index in [1.165, 1.54) is 132 Å². The van der Waals surface area contributed by atoms with Gasteiger partial charge in [-0.15, -0.1) is 11.3 Å². The fourth-order valence-corrected chi connectivity index (χ4v) is 14.7. The van der Waals surface area contributed by atoms with Crippen LogP contribution in [0.4, 0.5) is 34.1 Å². The SMILES string of the molecule is CC(C)c1ccc(N2c3cc(-c4c(C(C)(C)C)cccc4C(C)(C)C)ccc3B3c4sc5cc6c(cc5c4N(c4ccccc4)c4cccc2c43)-c2ccccc2C62c3ccccc3-c3ccccc32)cc1. The molecule has 0 saturated carbocycles. The molecule has 4 aliphatic rings. The van der Waals surface area contributed by atoms with Gasteiger partial charge in [-0.05, 0) is 155 Å². The summed E-state index contributed by atoms with van der Waals surface area (Å²) in [4.78, 5) is 5.18. The Bertz CT molecular complexity index is 3800. The van der Waals surface area contributed by atoms with Gasteiger partial charge in [-0.1, -0.05) is 195 Å². The second-order valence-corrected chi connectivity index (χ2v) is 24.1. The third-order valence-electron chi connectivity index (χ3n) is 16.5. The summed E-state index contributed by atoms with van der Waals surface area (Å²) in [5.41, 5.74) is 27.1. The smallest absolute Gasteiger partial charge is 0.264 e. The van der Waals surface area contributed by atoms with E-state index in [-0.39, 0.29) is 17.5 Å². The quantitative estimate of drug-likeness (QED) is 0.162. The number of fused-ring (bicyclic) bond motifs is 16. The zero-order valence-corrected chi connectivity index (χ0v) is 43.2. The fraction of sp³-hybridized carbons (Fsp3) is 0.176. The average Bonchev–Trinajstić information content (AvgIpc) is 4.01. The number of anilines is 6. The molecule has 2 nitrogen and oxygen atoms in total. The van der Waals surface area contributed by atoms with Gasteiger partial charge in [0.1, 0.15) is 0 Å². The number of para-hydroxylation sites is 1. The van der Waals surface area contributed by atoms with Gasteiger partial charge in [0.2, 0.25) is 0 Å². The number of rotatable bonds is 4. The molecule has 14 rings (SSSR count). The Morgan fingerprint density at radius 1 is 0.472 bits per heavy atom. The number of thiophene rings is 1. The summed E-state index contributed by atoms with van der Waals surface area (Å²) in [5, 5.41) is 1.30. The number of hydrogen-bond donors (Lipinski definition) is 0. The molecule has 0 bridgehead atoms. The lowest BCUT2D eigenvalue weighted by molar-refractivity contribution is 0.572. The highest BCUT2D eigenvalue weighted by Gasteiger charge is 2.53. The Morgan fingerprint density at radius 3 is 1.61 bits per heavy atom. The Labute approximate surface area is 429 Å². The van der Waals surface area contributed by atoms with Crippen LogP contribution in [0, 0.1) is 0 Å². The summed E-state index contributed by atoms with van der Waals surface area (Å²) >= 11 is 2.00. The van der Waals surface area contributed by atoms with E-state index < -0.39 is 5.41 Å². The van der Waals surface area contributed by atoms with Crippen LogP contribution in [0.15, 0.2) is 194 Å². The Morgan fingerprint density at radius 2 is 1.01 bits per heavy atom. The lowest BCUT2D eigenvalue weighted by Crippen LogP contribution is -2.60. The third kappa shape index (κ3) is 5.90. The molecule has 3 heterocycles. The van der Waals surface area contributed by atoms with Crippen LogP contribution in [-0.2, 0) is 16.2 Å². The largest absolute Gasteiger partial charge is 0.311 e. The van der Waals surface area contributed by atoms with Gasteiger partial charge in [0.05, 0.1) is 11.1 Å². The molecule has 0 N–H and O–H groups in total. The van der Waals surface area contributed by atoms with Crippen molar-refractivity contribution >= 4 is 78.0 Å². The van der Waals surface area contributed by atoms with Crippen LogP contribution in [0.25, 0.3) is 43.5 Å². The fourth-order valence-electron chi connectivity index (χ4n) is 13.4. The topological polar surface area (TPSA) is 6.48 Å². The molecule has 0 saturated heterocycles. The normalized spacial score (nSPS) is 14.5. The molecule has 2 aliphatic heterocycles. The lowest BCUT2D eigenvalue weighted by atomic mass is 9.36. The van der Waals surface area contributed by atoms with Crippen molar-refractivity contribution in [3.8, 4) is 33.4 Å². The van der Waals surface area contributed by atoms with Crippen molar-refractivity contribution in [2.24, 2.45) is 0 Å². The van der Waals surface area contributed by atoms with E-state index in [1.54, 1.807) is 0 Å². The molecule has 348 valence electrons. The van der Waals surface area contributed by atoms with Crippen LogP contribution >= 0.6 is 11.3 Å². The van der Waals surface area contributed by atoms with Crippen LogP contribution in [0.5, 0.6) is 0 Å². The molecular formula is C68H57BN2S. The van der Waals surface area contributed by atoms with Crippen molar-refractivity contribution in [3.63, 3.8) is 0 Å². The highest BCUT2D eigenvalue weighted by atomic mass is 32.1. The van der Waals surface area contributed by atoms with Crippen molar-refractivity contribution in [2.45, 2.75) is 77.6 Å². The molecule has 72 heavy (non-hydrogen) atoms. The first-order valence-corrected chi connectivity index (χ1v) is 26.7. The second-order valence-electron chi connectivity index (χ2n) is 23.0. The predicted octanol–water partition coefficient (Wildman–Crippen LogP) is 16.7. The molecule has 0 radical (unpaired) electrons. The highest BCUT2D eigenvalue weighted by Crippen LogP contribution is 2.64. The van der Waals surface area contributed by atoms with E-state index in [0.717, 1.165) is 0 Å². The van der Waals surface area contributed by atoms with E-state index in [2.05, 4.69) is 259 Å². The van der Waals surface area contributed by atoms with Gasteiger partial charge in [-0.2, -0.15) is 0 Å². The minimum absolute atomic E-state index is 0.00256. The van der Waals surface area contributed by atoms with Crippen LogP contribution in [0.2, 0.25) is 0 Å². The van der Waals surface area contributed by atoms with E-state index >= 15 is 0 Å². The van der Waals surface area contributed by atoms with Gasteiger partial charge in [0.15, 0.2) is 0 Å². The monoisotopic (exact) mass is 944 g/mol. The zero-order valence-electron chi connectivity index (χ0n) is 42.4. The number of benzene rings is 9. The Hall–Kier alpha value is -7.40. The summed E-state index contributed by atoms with van der Waals surface area (Å²) in [6, 6.07) is 74.8. The standard InChI is InChI=1S/C68H57BN2S/c1-41(2)42-32-35-45(36-33-42)70-58-30-19-31-59-63(58)69(57-37-34-43(38-60(57)70)62-54(66(3,4)5)28-18-29-55(62)67(6,7)8)65-64(71(59)44-20-10-9-11-21-44)50-39-49-48-24-14-17-27-53(48)68(56(49)40-61(50)72-65)51-25-15-12-22-46(51)47-23-13-16-26-52(47)68/h9-41H,1-8H3. The molecule has 0 fully saturated rings. The van der Waals surface area contributed by atoms with Crippen LogP contribution < -0.4 is 25.5 Å². The molecule has 1 spiro atoms. The molecule has 0 amide bonds. The number of nitrogens with zero attached hydrogens (tertiary/aromatic N) is 2. The molecule has 4 heteroatoms. The Kier molecular flexibility index (Phi) is 9.23. The van der Waals surface area contributed by atoms with E-state index in [0.29, 0.717) is 5.92 Å². The van der Waals surface area contributed by atoms with Crippen molar-refractivity contribution in [1.29, 1.82) is 0 Å². The third-order valence-corrected chi connectivity index (χ3v) is 17.7. The summed E-state index contributed by atoms with van der Waals surface area (Å²) in [5.74, 6) is 0.437. The average molecular weight is 945 g/mol. The molecule has 0 atom stereocenters. The van der Waals surface area contributed by atoms with Gasteiger partial charge in [-0.25, -0.2) is 0 Å². The van der Waals surface area contributed by atoms with Crippen LogP contribution in [0.3, 0.4) is 0 Å². The molecule has 2 aliphatic carbocycles. The molecule has 1 aromatic heterocycles. The van der Waals surface area contributed by atoms with Gasteiger partial charge >= 0.3 is 0 Å². The number of hydrogen-bond acceptors (Lipinski definition) is 3. The minimum Gasteiger partial charge on any atom is -0.311 e. The first-order chi connectivity index (χ1) is 34.8. The maximum atomic E-state index is 2.61. The molecule has 9 aromatic carbocycles. The maximum Gasteiger partial charge on any atom is 0.264 e. The van der Waals surface area contributed by atoms with Crippen LogP contribution in [-0.4, -0.2) is 6.71 Å². The Balaban J connectivity index is 1.07. The van der Waals surface area contributed by atoms with Crippen molar-refractivity contribution < 1.29 is 0 Å². The van der Waals surface area contributed by atoms with E-state index in [4.69, 9.17) is 0 Å². The molecule has 0 unspecified atom stereocenters. The molecule has 10 aromatic rings. The van der Waals surface area contributed by atoms with Gasteiger partial charge in [-0.3, -0.25) is 0 Å². The summed E-state index contributed by atoms with van der Waals surface area (Å²) < 4.78 is 2.71. The lowest BCUT2D eigenvalue weighted by Gasteiger charge is -2.43. The van der Waals surface area contributed by atoms with Crippen LogP contribution in [0.1, 0.15) is 100 Å². The summed E-state index contributed by atoms with van der Waals surface area (Å²) in [7, 11) is 0. The van der Waals surface area contributed by atoms with E-state index in [9.17, 15) is 0 Å². The minimum atomic E-state index is -0.415.